The lowest BCUT2D eigenvalue weighted by Crippen LogP contribution is -2.31. The van der Waals surface area contributed by atoms with Crippen molar-refractivity contribution in [3.8, 4) is 0 Å². The van der Waals surface area contributed by atoms with Crippen LogP contribution < -0.4 is 0 Å². The van der Waals surface area contributed by atoms with Crippen LogP contribution >= 0.6 is 0 Å². The average molecular weight is 317 g/mol. The number of benzene rings is 2. The Hall–Kier alpha value is -1.98. The lowest BCUT2D eigenvalue weighted by atomic mass is 10.1. The molecule has 0 radical (unpaired) electrons. The maximum absolute atomic E-state index is 12.3. The Morgan fingerprint density at radius 3 is 2.27 bits per heavy atom. The Balaban J connectivity index is 2.03. The number of aliphatic hydroxyl groups is 1. The zero-order valence-electron chi connectivity index (χ0n) is 12.6. The molecule has 0 aliphatic heterocycles. The van der Waals surface area contributed by atoms with Gasteiger partial charge in [0.05, 0.1) is 0 Å². The fourth-order valence-corrected chi connectivity index (χ4v) is 2.64. The van der Waals surface area contributed by atoms with Gasteiger partial charge in [-0.05, 0) is 23.3 Å². The molecule has 1 amide bonds. The van der Waals surface area contributed by atoms with E-state index in [2.05, 4.69) is 0 Å². The van der Waals surface area contributed by atoms with Crippen LogP contribution in [0.25, 0.3) is 0 Å². The summed E-state index contributed by atoms with van der Waals surface area (Å²) in [5, 5.41) is 10.1. The van der Waals surface area contributed by atoms with Crippen molar-refractivity contribution in [3.63, 3.8) is 0 Å². The Morgan fingerprint density at radius 1 is 1.14 bits per heavy atom. The minimum atomic E-state index is -1.16. The number of nitrogens with zero attached hydrogens (tertiary/aromatic N) is 1. The lowest BCUT2D eigenvalue weighted by Gasteiger charge is -2.21. The monoisotopic (exact) mass is 317 g/mol. The predicted octanol–water partition coefficient (Wildman–Crippen LogP) is 2.12. The molecule has 2 unspecified atom stereocenters. The van der Waals surface area contributed by atoms with Crippen LogP contribution in [0.1, 0.15) is 17.2 Å². The molecule has 2 rings (SSSR count). The van der Waals surface area contributed by atoms with Crippen LogP contribution in [0.2, 0.25) is 0 Å². The molecule has 1 N–H and O–H groups in total. The molecule has 0 aliphatic carbocycles. The fraction of sp³-hybridized carbons (Fsp3) is 0.235. The van der Waals surface area contributed by atoms with Gasteiger partial charge in [-0.3, -0.25) is 9.00 Å². The van der Waals surface area contributed by atoms with E-state index in [1.807, 2.05) is 18.2 Å². The van der Waals surface area contributed by atoms with Gasteiger partial charge in [0.2, 0.25) is 0 Å². The quantitative estimate of drug-likeness (QED) is 0.919. The van der Waals surface area contributed by atoms with Crippen molar-refractivity contribution >= 4 is 16.7 Å². The highest BCUT2D eigenvalue weighted by molar-refractivity contribution is 7.84. The Bertz CT molecular complexity index is 655. The summed E-state index contributed by atoms with van der Waals surface area (Å²) in [7, 11) is 0.642. The number of carbonyl (C=O) groups is 1. The SMILES string of the molecule is CN(Cc1ccc(S(C)=O)cc1)C(=O)C(O)c1ccccc1. The second-order valence-electron chi connectivity index (χ2n) is 5.11. The Kier molecular flexibility index (Phi) is 5.46. The van der Waals surface area contributed by atoms with Gasteiger partial charge in [0.1, 0.15) is 0 Å². The molecular formula is C17H19NO3S. The van der Waals surface area contributed by atoms with Crippen molar-refractivity contribution in [3.05, 3.63) is 65.7 Å². The molecule has 0 saturated carbocycles. The molecule has 2 aromatic rings. The summed E-state index contributed by atoms with van der Waals surface area (Å²) in [5.41, 5.74) is 1.50. The zero-order valence-corrected chi connectivity index (χ0v) is 13.4. The van der Waals surface area contributed by atoms with Crippen LogP contribution in [0.5, 0.6) is 0 Å². The summed E-state index contributed by atoms with van der Waals surface area (Å²) < 4.78 is 11.3. The second kappa shape index (κ2) is 7.33. The van der Waals surface area contributed by atoms with Crippen LogP contribution in [-0.2, 0) is 22.1 Å². The van der Waals surface area contributed by atoms with E-state index in [-0.39, 0.29) is 5.91 Å². The van der Waals surface area contributed by atoms with Gasteiger partial charge in [-0.2, -0.15) is 0 Å². The van der Waals surface area contributed by atoms with E-state index >= 15 is 0 Å². The molecule has 116 valence electrons. The first-order valence-corrected chi connectivity index (χ1v) is 8.45. The molecule has 0 aromatic heterocycles. The summed E-state index contributed by atoms with van der Waals surface area (Å²) in [4.78, 5) is 14.5. The van der Waals surface area contributed by atoms with Gasteiger partial charge in [-0.1, -0.05) is 42.5 Å². The molecule has 5 heteroatoms. The van der Waals surface area contributed by atoms with Crippen molar-refractivity contribution in [2.75, 3.05) is 13.3 Å². The normalized spacial score (nSPS) is 13.4. The molecule has 0 fully saturated rings. The standard InChI is InChI=1S/C17H19NO3S/c1-18(12-13-8-10-15(11-9-13)22(2)21)17(20)16(19)14-6-4-3-5-7-14/h3-11,16,19H,12H2,1-2H3. The first kappa shape index (κ1) is 16.4. The van der Waals surface area contributed by atoms with E-state index in [0.717, 1.165) is 10.5 Å². The van der Waals surface area contributed by atoms with Gasteiger partial charge in [0, 0.05) is 35.5 Å². The largest absolute Gasteiger partial charge is 0.378 e. The van der Waals surface area contributed by atoms with Crippen LogP contribution in [0.15, 0.2) is 59.5 Å². The molecule has 2 aromatic carbocycles. The van der Waals surface area contributed by atoms with Gasteiger partial charge in [-0.25, -0.2) is 0 Å². The van der Waals surface area contributed by atoms with Gasteiger partial charge in [0.25, 0.3) is 5.91 Å². The van der Waals surface area contributed by atoms with Crippen LogP contribution in [0.4, 0.5) is 0 Å². The van der Waals surface area contributed by atoms with Crippen LogP contribution in [0, 0.1) is 0 Å². The average Bonchev–Trinajstić information content (AvgIpc) is 2.54. The van der Waals surface area contributed by atoms with E-state index in [1.54, 1.807) is 49.7 Å². The summed E-state index contributed by atoms with van der Waals surface area (Å²) >= 11 is 0. The van der Waals surface area contributed by atoms with Gasteiger partial charge in [-0.15, -0.1) is 0 Å². The topological polar surface area (TPSA) is 57.6 Å². The minimum Gasteiger partial charge on any atom is -0.378 e. The number of likely N-dealkylation sites (N-methyl/N-ethyl adjacent to an activating group) is 1. The molecule has 0 heterocycles. The third kappa shape index (κ3) is 4.02. The number of amides is 1. The van der Waals surface area contributed by atoms with Gasteiger partial charge in [0.15, 0.2) is 6.10 Å². The molecule has 0 saturated heterocycles. The van der Waals surface area contributed by atoms with E-state index in [4.69, 9.17) is 0 Å². The molecular weight excluding hydrogens is 298 g/mol. The first-order valence-electron chi connectivity index (χ1n) is 6.89. The molecule has 4 nitrogen and oxygen atoms in total. The summed E-state index contributed by atoms with van der Waals surface area (Å²) in [6.07, 6.45) is 0.467. The highest BCUT2D eigenvalue weighted by Crippen LogP contribution is 2.16. The number of aliphatic hydroxyl groups excluding tert-OH is 1. The van der Waals surface area contributed by atoms with Gasteiger partial charge < -0.3 is 10.0 Å². The smallest absolute Gasteiger partial charge is 0.256 e. The third-order valence-corrected chi connectivity index (χ3v) is 4.34. The van der Waals surface area contributed by atoms with Crippen LogP contribution in [0.3, 0.4) is 0 Å². The van der Waals surface area contributed by atoms with Crippen molar-refractivity contribution in [1.29, 1.82) is 0 Å². The Labute approximate surface area is 132 Å². The van der Waals surface area contributed by atoms with E-state index in [1.165, 1.54) is 4.90 Å². The van der Waals surface area contributed by atoms with Gasteiger partial charge >= 0.3 is 0 Å². The highest BCUT2D eigenvalue weighted by Gasteiger charge is 2.21. The van der Waals surface area contributed by atoms with E-state index in [0.29, 0.717) is 12.1 Å². The highest BCUT2D eigenvalue weighted by atomic mass is 32.2. The third-order valence-electron chi connectivity index (χ3n) is 3.40. The molecule has 2 atom stereocenters. The predicted molar refractivity (Wildman–Crippen MR) is 86.7 cm³/mol. The number of hydrogen-bond donors (Lipinski definition) is 1. The first-order chi connectivity index (χ1) is 10.5. The second-order valence-corrected chi connectivity index (χ2v) is 6.49. The molecule has 0 spiro atoms. The number of rotatable bonds is 5. The maximum Gasteiger partial charge on any atom is 0.256 e. The van der Waals surface area contributed by atoms with E-state index < -0.39 is 16.9 Å². The van der Waals surface area contributed by atoms with Crippen molar-refractivity contribution in [1.82, 2.24) is 4.90 Å². The van der Waals surface area contributed by atoms with E-state index in [9.17, 15) is 14.1 Å². The maximum atomic E-state index is 12.3. The lowest BCUT2D eigenvalue weighted by molar-refractivity contribution is -0.139. The van der Waals surface area contributed by atoms with Crippen molar-refractivity contribution in [2.24, 2.45) is 0 Å². The minimum absolute atomic E-state index is 0.352. The summed E-state index contributed by atoms with van der Waals surface area (Å²) in [6, 6.07) is 16.1. The fourth-order valence-electron chi connectivity index (χ4n) is 2.12. The zero-order chi connectivity index (χ0) is 16.1. The molecule has 22 heavy (non-hydrogen) atoms. The summed E-state index contributed by atoms with van der Waals surface area (Å²) in [5.74, 6) is -0.352. The van der Waals surface area contributed by atoms with Crippen molar-refractivity contribution < 1.29 is 14.1 Å². The number of hydrogen-bond acceptors (Lipinski definition) is 3. The number of carbonyl (C=O) groups excluding carboxylic acids is 1. The molecule has 0 bridgehead atoms. The van der Waals surface area contributed by atoms with Crippen molar-refractivity contribution in [2.45, 2.75) is 17.5 Å². The Morgan fingerprint density at radius 2 is 1.73 bits per heavy atom. The molecule has 0 aliphatic rings. The van der Waals surface area contributed by atoms with Crippen LogP contribution in [-0.4, -0.2) is 33.4 Å². The summed E-state index contributed by atoms with van der Waals surface area (Å²) in [6.45, 7) is 0.388.